The van der Waals surface area contributed by atoms with Gasteiger partial charge in [0.05, 0.1) is 24.5 Å². The zero-order valence-electron chi connectivity index (χ0n) is 12.3. The minimum Gasteiger partial charge on any atom is -0.495 e. The van der Waals surface area contributed by atoms with E-state index in [9.17, 15) is 9.59 Å². The number of ether oxygens (including phenoxy) is 2. The molecule has 0 saturated carbocycles. The number of carboxylic acid groups (broad SMARTS) is 1. The van der Waals surface area contributed by atoms with Crippen LogP contribution < -0.4 is 15.4 Å². The smallest absolute Gasteiger partial charge is 0.335 e. The van der Waals surface area contributed by atoms with Crippen molar-refractivity contribution in [2.75, 3.05) is 25.6 Å². The van der Waals surface area contributed by atoms with Crippen molar-refractivity contribution >= 4 is 17.7 Å². The Kier molecular flexibility index (Phi) is 6.48. The number of carbonyl (C=O) groups is 2. The molecule has 0 heterocycles. The van der Waals surface area contributed by atoms with E-state index in [1.165, 1.54) is 25.3 Å². The van der Waals surface area contributed by atoms with E-state index in [0.717, 1.165) is 0 Å². The number of nitrogens with one attached hydrogen (secondary N) is 2. The number of anilines is 1. The molecule has 21 heavy (non-hydrogen) atoms. The SMILES string of the molecule is CCOC(C)CNC(=O)Nc1cc(C(=O)O)ccc1OC. The van der Waals surface area contributed by atoms with Gasteiger partial charge in [0.25, 0.3) is 0 Å². The van der Waals surface area contributed by atoms with Crippen LogP contribution in [-0.2, 0) is 4.74 Å². The van der Waals surface area contributed by atoms with Gasteiger partial charge in [0.15, 0.2) is 0 Å². The Bertz CT molecular complexity index is 504. The summed E-state index contributed by atoms with van der Waals surface area (Å²) in [5.74, 6) is -0.695. The summed E-state index contributed by atoms with van der Waals surface area (Å²) < 4.78 is 10.4. The highest BCUT2D eigenvalue weighted by molar-refractivity contribution is 5.94. The summed E-state index contributed by atoms with van der Waals surface area (Å²) in [6.07, 6.45) is -0.104. The van der Waals surface area contributed by atoms with Gasteiger partial charge in [0.2, 0.25) is 0 Å². The maximum absolute atomic E-state index is 11.8. The number of carboxylic acids is 1. The second-order valence-corrected chi connectivity index (χ2v) is 4.32. The van der Waals surface area contributed by atoms with E-state index >= 15 is 0 Å². The molecule has 0 bridgehead atoms. The van der Waals surface area contributed by atoms with Gasteiger partial charge in [-0.3, -0.25) is 0 Å². The second-order valence-electron chi connectivity index (χ2n) is 4.32. The fourth-order valence-corrected chi connectivity index (χ4v) is 1.69. The molecule has 3 N–H and O–H groups in total. The molecule has 7 nitrogen and oxygen atoms in total. The average molecular weight is 296 g/mol. The highest BCUT2D eigenvalue weighted by atomic mass is 16.5. The molecule has 0 aliphatic carbocycles. The van der Waals surface area contributed by atoms with Crippen LogP contribution in [0.1, 0.15) is 24.2 Å². The summed E-state index contributed by atoms with van der Waals surface area (Å²) in [7, 11) is 1.44. The first-order valence-corrected chi connectivity index (χ1v) is 6.55. The van der Waals surface area contributed by atoms with Crippen molar-refractivity contribution in [2.24, 2.45) is 0 Å². The van der Waals surface area contributed by atoms with Crippen molar-refractivity contribution in [3.8, 4) is 5.75 Å². The van der Waals surface area contributed by atoms with Crippen LogP contribution in [0.15, 0.2) is 18.2 Å². The van der Waals surface area contributed by atoms with Crippen LogP contribution in [0.3, 0.4) is 0 Å². The van der Waals surface area contributed by atoms with Crippen molar-refractivity contribution < 1.29 is 24.2 Å². The molecule has 7 heteroatoms. The Labute approximate surface area is 123 Å². The normalized spacial score (nSPS) is 11.6. The zero-order valence-corrected chi connectivity index (χ0v) is 12.3. The van der Waals surface area contributed by atoms with E-state index in [1.807, 2.05) is 13.8 Å². The predicted octanol–water partition coefficient (Wildman–Crippen LogP) is 1.94. The number of methoxy groups -OCH3 is 1. The zero-order chi connectivity index (χ0) is 15.8. The van der Waals surface area contributed by atoms with Crippen LogP contribution in [0.5, 0.6) is 5.75 Å². The monoisotopic (exact) mass is 296 g/mol. The van der Waals surface area contributed by atoms with Crippen LogP contribution in [0.4, 0.5) is 10.5 Å². The van der Waals surface area contributed by atoms with E-state index in [2.05, 4.69) is 10.6 Å². The molecule has 0 aromatic heterocycles. The largest absolute Gasteiger partial charge is 0.495 e. The number of aromatic carboxylic acids is 1. The number of hydrogen-bond donors (Lipinski definition) is 3. The summed E-state index contributed by atoms with van der Waals surface area (Å²) in [6, 6.07) is 3.78. The van der Waals surface area contributed by atoms with Gasteiger partial charge in [-0.2, -0.15) is 0 Å². The number of amides is 2. The van der Waals surface area contributed by atoms with Gasteiger partial charge in [0, 0.05) is 13.2 Å². The highest BCUT2D eigenvalue weighted by Crippen LogP contribution is 2.25. The summed E-state index contributed by atoms with van der Waals surface area (Å²) >= 11 is 0. The molecule has 116 valence electrons. The lowest BCUT2D eigenvalue weighted by atomic mass is 10.2. The van der Waals surface area contributed by atoms with Gasteiger partial charge >= 0.3 is 12.0 Å². The minimum absolute atomic E-state index is 0.0637. The van der Waals surface area contributed by atoms with E-state index in [1.54, 1.807) is 0 Å². The van der Waals surface area contributed by atoms with Gasteiger partial charge in [-0.15, -0.1) is 0 Å². The second kappa shape index (κ2) is 8.11. The van der Waals surface area contributed by atoms with Gasteiger partial charge in [-0.25, -0.2) is 9.59 Å². The van der Waals surface area contributed by atoms with Crippen molar-refractivity contribution in [3.05, 3.63) is 23.8 Å². The fourth-order valence-electron chi connectivity index (χ4n) is 1.69. The van der Waals surface area contributed by atoms with Gasteiger partial charge in [-0.1, -0.05) is 0 Å². The number of urea groups is 1. The van der Waals surface area contributed by atoms with Crippen molar-refractivity contribution in [2.45, 2.75) is 20.0 Å². The van der Waals surface area contributed by atoms with Crippen molar-refractivity contribution in [1.82, 2.24) is 5.32 Å². The molecule has 0 aliphatic rings. The standard InChI is InChI=1S/C14H20N2O5/c1-4-21-9(2)8-15-14(19)16-11-7-10(13(17)18)5-6-12(11)20-3/h5-7,9H,4,8H2,1-3H3,(H,17,18)(H2,15,16,19). The first-order chi connectivity index (χ1) is 9.97. The topological polar surface area (TPSA) is 96.9 Å². The van der Waals surface area contributed by atoms with Crippen LogP contribution in [0, 0.1) is 0 Å². The first kappa shape index (κ1) is 16.8. The molecular formula is C14H20N2O5. The highest BCUT2D eigenvalue weighted by Gasteiger charge is 2.12. The van der Waals surface area contributed by atoms with Crippen LogP contribution >= 0.6 is 0 Å². The molecule has 2 amide bonds. The Morgan fingerprint density at radius 2 is 2.10 bits per heavy atom. The molecule has 0 aliphatic heterocycles. The number of carbonyl (C=O) groups excluding carboxylic acids is 1. The molecule has 0 saturated heterocycles. The van der Waals surface area contributed by atoms with Crippen LogP contribution in [0.25, 0.3) is 0 Å². The number of hydrogen-bond acceptors (Lipinski definition) is 4. The molecular weight excluding hydrogens is 276 g/mol. The first-order valence-electron chi connectivity index (χ1n) is 6.55. The predicted molar refractivity (Wildman–Crippen MR) is 78.1 cm³/mol. The summed E-state index contributed by atoms with van der Waals surface area (Å²) in [5, 5.41) is 14.2. The maximum atomic E-state index is 11.8. The fraction of sp³-hybridized carbons (Fsp3) is 0.429. The van der Waals surface area contributed by atoms with Crippen molar-refractivity contribution in [3.63, 3.8) is 0 Å². The summed E-state index contributed by atoms with van der Waals surface area (Å²) in [6.45, 7) is 4.63. The van der Waals surface area contributed by atoms with E-state index in [-0.39, 0.29) is 11.7 Å². The molecule has 0 fully saturated rings. The molecule has 0 spiro atoms. The Morgan fingerprint density at radius 1 is 1.38 bits per heavy atom. The van der Waals surface area contributed by atoms with E-state index < -0.39 is 12.0 Å². The maximum Gasteiger partial charge on any atom is 0.335 e. The molecule has 1 unspecified atom stereocenters. The lowest BCUT2D eigenvalue weighted by Gasteiger charge is -2.14. The Hall–Kier alpha value is -2.28. The van der Waals surface area contributed by atoms with E-state index in [0.29, 0.717) is 24.6 Å². The average Bonchev–Trinajstić information content (AvgIpc) is 2.45. The minimum atomic E-state index is -1.08. The van der Waals surface area contributed by atoms with Gasteiger partial charge in [-0.05, 0) is 32.0 Å². The van der Waals surface area contributed by atoms with E-state index in [4.69, 9.17) is 14.6 Å². The van der Waals surface area contributed by atoms with Crippen LogP contribution in [-0.4, -0.2) is 43.5 Å². The van der Waals surface area contributed by atoms with Crippen molar-refractivity contribution in [1.29, 1.82) is 0 Å². The third kappa shape index (κ3) is 5.31. The Balaban J connectivity index is 2.70. The third-order valence-electron chi connectivity index (χ3n) is 2.70. The lowest BCUT2D eigenvalue weighted by molar-refractivity contribution is 0.0696. The third-order valence-corrected chi connectivity index (χ3v) is 2.70. The molecule has 1 aromatic carbocycles. The molecule has 1 atom stereocenters. The Morgan fingerprint density at radius 3 is 2.67 bits per heavy atom. The molecule has 1 aromatic rings. The van der Waals surface area contributed by atoms with Gasteiger partial charge < -0.3 is 25.2 Å². The summed E-state index contributed by atoms with van der Waals surface area (Å²) in [4.78, 5) is 22.7. The van der Waals surface area contributed by atoms with Crippen LogP contribution in [0.2, 0.25) is 0 Å². The molecule has 1 rings (SSSR count). The molecule has 0 radical (unpaired) electrons. The number of benzene rings is 1. The lowest BCUT2D eigenvalue weighted by Crippen LogP contribution is -2.35. The number of rotatable bonds is 7. The summed E-state index contributed by atoms with van der Waals surface area (Å²) in [5.41, 5.74) is 0.354. The quantitative estimate of drug-likeness (QED) is 0.714. The van der Waals surface area contributed by atoms with Gasteiger partial charge in [0.1, 0.15) is 5.75 Å².